The van der Waals surface area contributed by atoms with Gasteiger partial charge in [0.05, 0.1) is 5.60 Å². The molecule has 1 nitrogen and oxygen atoms in total. The lowest BCUT2D eigenvalue weighted by Crippen LogP contribution is -2.34. The van der Waals surface area contributed by atoms with Crippen LogP contribution in [0.1, 0.15) is 50.2 Å². The van der Waals surface area contributed by atoms with Crippen molar-refractivity contribution in [2.75, 3.05) is 0 Å². The molecule has 0 amide bonds. The summed E-state index contributed by atoms with van der Waals surface area (Å²) in [6.07, 6.45) is 2.36. The summed E-state index contributed by atoms with van der Waals surface area (Å²) in [5.74, 6) is 0.0629. The Morgan fingerprint density at radius 2 is 2.00 bits per heavy atom. The number of hydrogen-bond acceptors (Lipinski definition) is 1. The smallest absolute Gasteiger partial charge is 0.129 e. The average Bonchev–Trinajstić information content (AvgIpc) is 2.14. The van der Waals surface area contributed by atoms with Crippen molar-refractivity contribution >= 4 is 0 Å². The van der Waals surface area contributed by atoms with E-state index in [1.807, 2.05) is 19.9 Å². The summed E-state index contributed by atoms with van der Waals surface area (Å²) >= 11 is 0. The Hall–Kier alpha value is -0.890. The van der Waals surface area contributed by atoms with Crippen molar-refractivity contribution in [3.63, 3.8) is 0 Å². The average molecular weight is 208 g/mol. The first-order valence-electron chi connectivity index (χ1n) is 5.55. The standard InChI is InChI=1S/C13H17FO/c1-9(2)10-4-5-11(12(14)8-10)13(15)6-3-7-13/h4-5,8-9,15H,3,6-7H2,1-2H3. The van der Waals surface area contributed by atoms with Crippen LogP contribution in [0.2, 0.25) is 0 Å². The van der Waals surface area contributed by atoms with Crippen LogP contribution in [0, 0.1) is 5.82 Å². The van der Waals surface area contributed by atoms with Gasteiger partial charge in [0.1, 0.15) is 5.82 Å². The van der Waals surface area contributed by atoms with Crippen LogP contribution in [-0.2, 0) is 5.60 Å². The third-order valence-electron chi connectivity index (χ3n) is 3.34. The molecule has 0 heterocycles. The van der Waals surface area contributed by atoms with Gasteiger partial charge in [0, 0.05) is 5.56 Å². The van der Waals surface area contributed by atoms with Gasteiger partial charge in [0.25, 0.3) is 0 Å². The van der Waals surface area contributed by atoms with E-state index in [0.717, 1.165) is 12.0 Å². The molecule has 15 heavy (non-hydrogen) atoms. The van der Waals surface area contributed by atoms with Crippen LogP contribution < -0.4 is 0 Å². The summed E-state index contributed by atoms with van der Waals surface area (Å²) in [4.78, 5) is 0. The number of benzene rings is 1. The lowest BCUT2D eigenvalue weighted by Gasteiger charge is -2.37. The fraction of sp³-hybridized carbons (Fsp3) is 0.538. The van der Waals surface area contributed by atoms with E-state index in [0.29, 0.717) is 24.3 Å². The minimum atomic E-state index is -0.889. The maximum atomic E-state index is 13.8. The van der Waals surface area contributed by atoms with Gasteiger partial charge in [-0.2, -0.15) is 0 Å². The van der Waals surface area contributed by atoms with E-state index in [-0.39, 0.29) is 5.82 Å². The predicted octanol–water partition coefficient (Wildman–Crippen LogP) is 3.32. The van der Waals surface area contributed by atoms with Crippen LogP contribution in [0.15, 0.2) is 18.2 Å². The van der Waals surface area contributed by atoms with Crippen LogP contribution in [0.25, 0.3) is 0 Å². The first-order chi connectivity index (χ1) is 7.03. The Morgan fingerprint density at radius 1 is 1.33 bits per heavy atom. The number of hydrogen-bond donors (Lipinski definition) is 1. The Balaban J connectivity index is 2.34. The second-order valence-electron chi connectivity index (χ2n) is 4.78. The van der Waals surface area contributed by atoms with E-state index in [1.54, 1.807) is 12.1 Å². The molecule has 1 aromatic carbocycles. The summed E-state index contributed by atoms with van der Waals surface area (Å²) in [6, 6.07) is 5.21. The Labute approximate surface area is 89.9 Å². The van der Waals surface area contributed by atoms with Crippen LogP contribution in [0.4, 0.5) is 4.39 Å². The van der Waals surface area contributed by atoms with Crippen molar-refractivity contribution < 1.29 is 9.50 Å². The second-order valence-corrected chi connectivity index (χ2v) is 4.78. The van der Waals surface area contributed by atoms with Gasteiger partial charge in [-0.15, -0.1) is 0 Å². The molecule has 0 bridgehead atoms. The lowest BCUT2D eigenvalue weighted by molar-refractivity contribution is -0.0416. The van der Waals surface area contributed by atoms with Crippen molar-refractivity contribution in [3.8, 4) is 0 Å². The van der Waals surface area contributed by atoms with Crippen LogP contribution in [0.3, 0.4) is 0 Å². The van der Waals surface area contributed by atoms with Gasteiger partial charge in [-0.3, -0.25) is 0 Å². The van der Waals surface area contributed by atoms with Crippen LogP contribution in [-0.4, -0.2) is 5.11 Å². The monoisotopic (exact) mass is 208 g/mol. The summed E-state index contributed by atoms with van der Waals surface area (Å²) < 4.78 is 13.8. The van der Waals surface area contributed by atoms with E-state index < -0.39 is 5.60 Å². The molecule has 1 N–H and O–H groups in total. The summed E-state index contributed by atoms with van der Waals surface area (Å²) in [6.45, 7) is 4.07. The third-order valence-corrected chi connectivity index (χ3v) is 3.34. The molecule has 0 aromatic heterocycles. The van der Waals surface area contributed by atoms with E-state index in [2.05, 4.69) is 0 Å². The predicted molar refractivity (Wildman–Crippen MR) is 58.2 cm³/mol. The molecule has 0 spiro atoms. The zero-order chi connectivity index (χ0) is 11.1. The SMILES string of the molecule is CC(C)c1ccc(C2(O)CCC2)c(F)c1. The highest BCUT2D eigenvalue weighted by Gasteiger charge is 2.38. The molecule has 82 valence electrons. The van der Waals surface area contributed by atoms with Gasteiger partial charge >= 0.3 is 0 Å². The molecule has 0 aliphatic heterocycles. The van der Waals surface area contributed by atoms with Gasteiger partial charge in [0.15, 0.2) is 0 Å². The van der Waals surface area contributed by atoms with E-state index in [1.165, 1.54) is 0 Å². The van der Waals surface area contributed by atoms with Gasteiger partial charge in [-0.05, 0) is 36.8 Å². The highest BCUT2D eigenvalue weighted by molar-refractivity contribution is 5.31. The van der Waals surface area contributed by atoms with Crippen molar-refractivity contribution in [1.82, 2.24) is 0 Å². The summed E-state index contributed by atoms with van der Waals surface area (Å²) in [7, 11) is 0. The minimum absolute atomic E-state index is 0.261. The molecule has 0 radical (unpaired) electrons. The molecule has 1 fully saturated rings. The highest BCUT2D eigenvalue weighted by Crippen LogP contribution is 2.42. The van der Waals surface area contributed by atoms with Gasteiger partial charge in [-0.25, -0.2) is 4.39 Å². The molecule has 0 atom stereocenters. The molecular weight excluding hydrogens is 191 g/mol. The molecule has 2 rings (SSSR count). The normalized spacial score (nSPS) is 19.0. The molecule has 2 heteroatoms. The van der Waals surface area contributed by atoms with E-state index in [9.17, 15) is 9.50 Å². The molecule has 0 saturated heterocycles. The van der Waals surface area contributed by atoms with Crippen LogP contribution in [0.5, 0.6) is 0 Å². The quantitative estimate of drug-likeness (QED) is 0.790. The molecule has 0 unspecified atom stereocenters. The maximum absolute atomic E-state index is 13.8. The van der Waals surface area contributed by atoms with E-state index in [4.69, 9.17) is 0 Å². The Kier molecular flexibility index (Phi) is 2.55. The number of aliphatic hydroxyl groups is 1. The van der Waals surface area contributed by atoms with E-state index >= 15 is 0 Å². The molecule has 1 aliphatic carbocycles. The minimum Gasteiger partial charge on any atom is -0.385 e. The zero-order valence-electron chi connectivity index (χ0n) is 9.26. The zero-order valence-corrected chi connectivity index (χ0v) is 9.26. The van der Waals surface area contributed by atoms with Crippen molar-refractivity contribution in [2.45, 2.75) is 44.6 Å². The van der Waals surface area contributed by atoms with Crippen LogP contribution >= 0.6 is 0 Å². The number of rotatable bonds is 2. The lowest BCUT2D eigenvalue weighted by atomic mass is 9.74. The van der Waals surface area contributed by atoms with Crippen molar-refractivity contribution in [3.05, 3.63) is 35.1 Å². The topological polar surface area (TPSA) is 20.2 Å². The van der Waals surface area contributed by atoms with Gasteiger partial charge in [0.2, 0.25) is 0 Å². The van der Waals surface area contributed by atoms with Crippen molar-refractivity contribution in [2.24, 2.45) is 0 Å². The highest BCUT2D eigenvalue weighted by atomic mass is 19.1. The molecular formula is C13H17FO. The first kappa shape index (κ1) is 10.6. The maximum Gasteiger partial charge on any atom is 0.129 e. The summed E-state index contributed by atoms with van der Waals surface area (Å²) in [5.41, 5.74) is 0.567. The molecule has 1 aliphatic rings. The Bertz CT molecular complexity index is 367. The fourth-order valence-electron chi connectivity index (χ4n) is 2.05. The number of halogens is 1. The van der Waals surface area contributed by atoms with Gasteiger partial charge < -0.3 is 5.11 Å². The first-order valence-corrected chi connectivity index (χ1v) is 5.55. The Morgan fingerprint density at radius 3 is 2.40 bits per heavy atom. The fourth-order valence-corrected chi connectivity index (χ4v) is 2.05. The third kappa shape index (κ3) is 1.78. The largest absolute Gasteiger partial charge is 0.385 e. The van der Waals surface area contributed by atoms with Crippen molar-refractivity contribution in [1.29, 1.82) is 0 Å². The molecule has 1 saturated carbocycles. The summed E-state index contributed by atoms with van der Waals surface area (Å²) in [5, 5.41) is 10.1. The van der Waals surface area contributed by atoms with Gasteiger partial charge in [-0.1, -0.05) is 26.0 Å². The second kappa shape index (κ2) is 3.60. The molecule has 1 aromatic rings.